The molecule has 0 aromatic carbocycles. The highest BCUT2D eigenvalue weighted by Gasteiger charge is 2.12. The number of nitrogens with one attached hydrogen (secondary N) is 3. The molecule has 0 spiro atoms. The molecule has 2 amide bonds. The molecular formula is C8H17N3O2. The maximum atomic E-state index is 11.1. The summed E-state index contributed by atoms with van der Waals surface area (Å²) in [5, 5.41) is 7.88. The maximum Gasteiger partial charge on any atom is 0.242 e. The normalized spacial score (nSPS) is 11.9. The number of hydrogen-bond donors (Lipinski definition) is 3. The van der Waals surface area contributed by atoms with Gasteiger partial charge in [-0.3, -0.25) is 9.59 Å². The number of carbonyl (C=O) groups is 2. The Morgan fingerprint density at radius 3 is 2.38 bits per heavy atom. The smallest absolute Gasteiger partial charge is 0.242 e. The van der Waals surface area contributed by atoms with Crippen molar-refractivity contribution >= 4 is 11.8 Å². The molecule has 0 aromatic heterocycles. The van der Waals surface area contributed by atoms with Gasteiger partial charge in [0.1, 0.15) is 6.04 Å². The minimum absolute atomic E-state index is 0.120. The summed E-state index contributed by atoms with van der Waals surface area (Å²) in [5.74, 6) is -0.303. The Hall–Kier alpha value is -1.10. The van der Waals surface area contributed by atoms with Crippen LogP contribution in [-0.2, 0) is 9.59 Å². The highest BCUT2D eigenvalue weighted by atomic mass is 16.2. The first-order valence-corrected chi connectivity index (χ1v) is 4.27. The molecule has 76 valence electrons. The van der Waals surface area contributed by atoms with E-state index < -0.39 is 6.04 Å². The third-order valence-electron chi connectivity index (χ3n) is 1.62. The van der Waals surface area contributed by atoms with E-state index in [1.807, 2.05) is 0 Å². The van der Waals surface area contributed by atoms with Crippen LogP contribution in [0.2, 0.25) is 0 Å². The van der Waals surface area contributed by atoms with Crippen molar-refractivity contribution in [2.24, 2.45) is 0 Å². The molecule has 0 fully saturated rings. The quantitative estimate of drug-likeness (QED) is 0.509. The van der Waals surface area contributed by atoms with Gasteiger partial charge in [-0.15, -0.1) is 0 Å². The van der Waals surface area contributed by atoms with Crippen molar-refractivity contribution < 1.29 is 9.59 Å². The Labute approximate surface area is 78.3 Å². The second-order valence-electron chi connectivity index (χ2n) is 2.76. The highest BCUT2D eigenvalue weighted by Crippen LogP contribution is 1.84. The number of amides is 2. The van der Waals surface area contributed by atoms with Crippen LogP contribution in [0.25, 0.3) is 0 Å². The molecule has 3 N–H and O–H groups in total. The van der Waals surface area contributed by atoms with E-state index in [-0.39, 0.29) is 11.8 Å². The van der Waals surface area contributed by atoms with Crippen molar-refractivity contribution in [3.63, 3.8) is 0 Å². The zero-order valence-electron chi connectivity index (χ0n) is 8.31. The number of rotatable bonds is 5. The summed E-state index contributed by atoms with van der Waals surface area (Å²) in [7, 11) is 3.31. The number of likely N-dealkylation sites (N-methyl/N-ethyl adjacent to an activating group) is 1. The largest absolute Gasteiger partial charge is 0.357 e. The van der Waals surface area contributed by atoms with Crippen molar-refractivity contribution in [3.8, 4) is 0 Å². The molecule has 0 aliphatic carbocycles. The number of hydrogen-bond acceptors (Lipinski definition) is 3. The SMILES string of the molecule is CNCCC(=O)NC(C)C(=O)NC. The van der Waals surface area contributed by atoms with Crippen molar-refractivity contribution in [2.75, 3.05) is 20.6 Å². The molecule has 1 atom stereocenters. The Morgan fingerprint density at radius 1 is 1.31 bits per heavy atom. The summed E-state index contributed by atoms with van der Waals surface area (Å²) in [5.41, 5.74) is 0. The highest BCUT2D eigenvalue weighted by molar-refractivity contribution is 5.87. The van der Waals surface area contributed by atoms with Crippen LogP contribution in [0.4, 0.5) is 0 Å². The van der Waals surface area contributed by atoms with E-state index in [0.29, 0.717) is 13.0 Å². The van der Waals surface area contributed by atoms with E-state index in [4.69, 9.17) is 0 Å². The van der Waals surface area contributed by atoms with Crippen LogP contribution in [0.3, 0.4) is 0 Å². The molecule has 0 saturated heterocycles. The van der Waals surface area contributed by atoms with Crippen LogP contribution in [0.1, 0.15) is 13.3 Å². The molecule has 0 aliphatic heterocycles. The summed E-state index contributed by atoms with van der Waals surface area (Å²) >= 11 is 0. The summed E-state index contributed by atoms with van der Waals surface area (Å²) in [6.45, 7) is 2.27. The predicted molar refractivity (Wildman–Crippen MR) is 50.2 cm³/mol. The van der Waals surface area contributed by atoms with E-state index in [9.17, 15) is 9.59 Å². The third kappa shape index (κ3) is 5.19. The van der Waals surface area contributed by atoms with Crippen molar-refractivity contribution in [1.82, 2.24) is 16.0 Å². The molecule has 0 saturated carbocycles. The van der Waals surface area contributed by atoms with Gasteiger partial charge < -0.3 is 16.0 Å². The standard InChI is InChI=1S/C8H17N3O2/c1-6(8(13)10-3)11-7(12)4-5-9-2/h6,9H,4-5H2,1-3H3,(H,10,13)(H,11,12). The van der Waals surface area contributed by atoms with E-state index in [1.54, 1.807) is 21.0 Å². The second kappa shape index (κ2) is 6.42. The lowest BCUT2D eigenvalue weighted by Gasteiger charge is -2.11. The summed E-state index contributed by atoms with van der Waals surface area (Å²) in [4.78, 5) is 22.1. The van der Waals surface area contributed by atoms with Crippen LogP contribution >= 0.6 is 0 Å². The molecule has 0 aliphatic rings. The molecule has 5 heteroatoms. The molecule has 1 unspecified atom stereocenters. The molecular weight excluding hydrogens is 170 g/mol. The lowest BCUT2D eigenvalue weighted by Crippen LogP contribution is -2.44. The molecule has 0 rings (SSSR count). The molecule has 0 bridgehead atoms. The fraction of sp³-hybridized carbons (Fsp3) is 0.750. The third-order valence-corrected chi connectivity index (χ3v) is 1.62. The van der Waals surface area contributed by atoms with Crippen LogP contribution in [0.15, 0.2) is 0 Å². The zero-order chi connectivity index (χ0) is 10.3. The fourth-order valence-electron chi connectivity index (χ4n) is 0.834. The van der Waals surface area contributed by atoms with Crippen LogP contribution in [0.5, 0.6) is 0 Å². The average Bonchev–Trinajstić information content (AvgIpc) is 2.13. The van der Waals surface area contributed by atoms with Crippen molar-refractivity contribution in [2.45, 2.75) is 19.4 Å². The summed E-state index contributed by atoms with van der Waals surface area (Å²) in [6.07, 6.45) is 0.387. The monoisotopic (exact) mass is 187 g/mol. The van der Waals surface area contributed by atoms with E-state index in [0.717, 1.165) is 0 Å². The Bertz CT molecular complexity index is 182. The molecule has 13 heavy (non-hydrogen) atoms. The topological polar surface area (TPSA) is 70.2 Å². The van der Waals surface area contributed by atoms with Crippen LogP contribution < -0.4 is 16.0 Å². The van der Waals surface area contributed by atoms with Gasteiger partial charge in [0, 0.05) is 20.0 Å². The number of carbonyl (C=O) groups excluding carboxylic acids is 2. The Balaban J connectivity index is 3.71. The molecule has 0 aromatic rings. The zero-order valence-corrected chi connectivity index (χ0v) is 8.31. The first kappa shape index (κ1) is 11.9. The lowest BCUT2D eigenvalue weighted by molar-refractivity contribution is -0.128. The summed E-state index contributed by atoms with van der Waals surface area (Å²) in [6, 6.07) is -0.464. The molecule has 0 heterocycles. The van der Waals surface area contributed by atoms with Gasteiger partial charge in [0.15, 0.2) is 0 Å². The van der Waals surface area contributed by atoms with Gasteiger partial charge in [-0.05, 0) is 14.0 Å². The molecule has 5 nitrogen and oxygen atoms in total. The van der Waals surface area contributed by atoms with Crippen LogP contribution in [-0.4, -0.2) is 38.5 Å². The minimum Gasteiger partial charge on any atom is -0.357 e. The van der Waals surface area contributed by atoms with Gasteiger partial charge in [-0.2, -0.15) is 0 Å². The maximum absolute atomic E-state index is 11.1. The van der Waals surface area contributed by atoms with E-state index >= 15 is 0 Å². The van der Waals surface area contributed by atoms with Gasteiger partial charge in [0.25, 0.3) is 0 Å². The van der Waals surface area contributed by atoms with Gasteiger partial charge in [-0.1, -0.05) is 0 Å². The fourth-order valence-corrected chi connectivity index (χ4v) is 0.834. The average molecular weight is 187 g/mol. The lowest BCUT2D eigenvalue weighted by atomic mass is 10.3. The van der Waals surface area contributed by atoms with Gasteiger partial charge in [-0.25, -0.2) is 0 Å². The van der Waals surface area contributed by atoms with Gasteiger partial charge >= 0.3 is 0 Å². The van der Waals surface area contributed by atoms with Crippen LogP contribution in [0, 0.1) is 0 Å². The van der Waals surface area contributed by atoms with E-state index in [2.05, 4.69) is 16.0 Å². The first-order chi connectivity index (χ1) is 6.11. The summed E-state index contributed by atoms with van der Waals surface area (Å²) < 4.78 is 0. The van der Waals surface area contributed by atoms with Gasteiger partial charge in [0.2, 0.25) is 11.8 Å². The Morgan fingerprint density at radius 2 is 1.92 bits per heavy atom. The minimum atomic E-state index is -0.464. The second-order valence-corrected chi connectivity index (χ2v) is 2.76. The molecule has 0 radical (unpaired) electrons. The van der Waals surface area contributed by atoms with Crippen molar-refractivity contribution in [1.29, 1.82) is 0 Å². The predicted octanol–water partition coefficient (Wildman–Crippen LogP) is -1.15. The van der Waals surface area contributed by atoms with Crippen molar-refractivity contribution in [3.05, 3.63) is 0 Å². The van der Waals surface area contributed by atoms with Gasteiger partial charge in [0.05, 0.1) is 0 Å². The van der Waals surface area contributed by atoms with E-state index in [1.165, 1.54) is 0 Å². The first-order valence-electron chi connectivity index (χ1n) is 4.27. The Kier molecular flexibility index (Phi) is 5.88.